The van der Waals surface area contributed by atoms with Crippen molar-refractivity contribution in [3.63, 3.8) is 0 Å². The maximum absolute atomic E-state index is 13.5. The van der Waals surface area contributed by atoms with E-state index in [2.05, 4.69) is 16.2 Å². The number of carbonyl (C=O) groups is 3. The van der Waals surface area contributed by atoms with E-state index in [1.54, 1.807) is 0 Å². The molecule has 1 saturated carbocycles. The SMILES string of the molecule is CC(=O)NC(C(=O)NNC(=O)c1ccccc1F)C1CCCC1. The van der Waals surface area contributed by atoms with E-state index in [1.807, 2.05) is 0 Å². The van der Waals surface area contributed by atoms with Gasteiger partial charge in [-0.25, -0.2) is 4.39 Å². The average Bonchev–Trinajstić information content (AvgIpc) is 3.04. The van der Waals surface area contributed by atoms with E-state index in [0.717, 1.165) is 31.7 Å². The first-order valence-corrected chi connectivity index (χ1v) is 7.61. The van der Waals surface area contributed by atoms with Crippen LogP contribution >= 0.6 is 0 Å². The van der Waals surface area contributed by atoms with Gasteiger partial charge in [-0.15, -0.1) is 0 Å². The molecule has 3 amide bonds. The van der Waals surface area contributed by atoms with Crippen molar-refractivity contribution in [2.75, 3.05) is 0 Å². The van der Waals surface area contributed by atoms with Crippen LogP contribution in [0.1, 0.15) is 43.0 Å². The van der Waals surface area contributed by atoms with E-state index in [9.17, 15) is 18.8 Å². The summed E-state index contributed by atoms with van der Waals surface area (Å²) >= 11 is 0. The lowest BCUT2D eigenvalue weighted by molar-refractivity contribution is -0.129. The van der Waals surface area contributed by atoms with E-state index in [-0.39, 0.29) is 17.4 Å². The molecule has 6 nitrogen and oxygen atoms in total. The summed E-state index contributed by atoms with van der Waals surface area (Å²) in [4.78, 5) is 35.4. The molecule has 3 N–H and O–H groups in total. The fourth-order valence-electron chi connectivity index (χ4n) is 2.82. The molecule has 1 aromatic carbocycles. The molecular formula is C16H20FN3O3. The Kier molecular flexibility index (Phi) is 5.67. The van der Waals surface area contributed by atoms with Gasteiger partial charge in [0.15, 0.2) is 0 Å². The number of hydrogen-bond acceptors (Lipinski definition) is 3. The van der Waals surface area contributed by atoms with E-state index in [4.69, 9.17) is 0 Å². The van der Waals surface area contributed by atoms with Crippen molar-refractivity contribution < 1.29 is 18.8 Å². The number of rotatable bonds is 4. The molecule has 1 aliphatic rings. The summed E-state index contributed by atoms with van der Waals surface area (Å²) in [5.41, 5.74) is 4.30. The van der Waals surface area contributed by atoms with Gasteiger partial charge in [-0.3, -0.25) is 25.2 Å². The number of halogens is 1. The molecule has 23 heavy (non-hydrogen) atoms. The molecule has 0 aliphatic heterocycles. The normalized spacial score (nSPS) is 15.7. The van der Waals surface area contributed by atoms with Gasteiger partial charge in [0, 0.05) is 6.92 Å². The van der Waals surface area contributed by atoms with Gasteiger partial charge in [-0.1, -0.05) is 25.0 Å². The maximum atomic E-state index is 13.5. The van der Waals surface area contributed by atoms with Crippen molar-refractivity contribution in [1.82, 2.24) is 16.2 Å². The second kappa shape index (κ2) is 7.71. The zero-order valence-electron chi connectivity index (χ0n) is 12.9. The lowest BCUT2D eigenvalue weighted by atomic mass is 9.97. The summed E-state index contributed by atoms with van der Waals surface area (Å²) in [6.07, 6.45) is 3.71. The van der Waals surface area contributed by atoms with Gasteiger partial charge in [0.05, 0.1) is 5.56 Å². The van der Waals surface area contributed by atoms with E-state index in [1.165, 1.54) is 25.1 Å². The number of carbonyl (C=O) groups excluding carboxylic acids is 3. The first-order valence-electron chi connectivity index (χ1n) is 7.61. The highest BCUT2D eigenvalue weighted by Crippen LogP contribution is 2.27. The van der Waals surface area contributed by atoms with Crippen LogP contribution in [0.2, 0.25) is 0 Å². The maximum Gasteiger partial charge on any atom is 0.272 e. The predicted octanol–water partition coefficient (Wildman–Crippen LogP) is 1.28. The fraction of sp³-hybridized carbons (Fsp3) is 0.438. The average molecular weight is 321 g/mol. The molecule has 7 heteroatoms. The molecule has 1 aliphatic carbocycles. The van der Waals surface area contributed by atoms with Gasteiger partial charge >= 0.3 is 0 Å². The number of amides is 3. The molecule has 124 valence electrons. The number of nitrogens with one attached hydrogen (secondary N) is 3. The van der Waals surface area contributed by atoms with Crippen molar-refractivity contribution in [2.45, 2.75) is 38.6 Å². The van der Waals surface area contributed by atoms with Crippen molar-refractivity contribution in [1.29, 1.82) is 0 Å². The van der Waals surface area contributed by atoms with Crippen LogP contribution in [-0.4, -0.2) is 23.8 Å². The Morgan fingerprint density at radius 3 is 2.39 bits per heavy atom. The first kappa shape index (κ1) is 16.9. The van der Waals surface area contributed by atoms with Crippen LogP contribution in [0.25, 0.3) is 0 Å². The quantitative estimate of drug-likeness (QED) is 0.730. The minimum Gasteiger partial charge on any atom is -0.344 e. The van der Waals surface area contributed by atoms with E-state index < -0.39 is 23.7 Å². The first-order chi connectivity index (χ1) is 11.0. The monoisotopic (exact) mass is 321 g/mol. The minimum absolute atomic E-state index is 0.0456. The summed E-state index contributed by atoms with van der Waals surface area (Å²) in [6.45, 7) is 1.34. The Bertz CT molecular complexity index is 600. The topological polar surface area (TPSA) is 87.3 Å². The Morgan fingerprint density at radius 2 is 1.78 bits per heavy atom. The van der Waals surface area contributed by atoms with Crippen LogP contribution in [-0.2, 0) is 9.59 Å². The summed E-state index contributed by atoms with van der Waals surface area (Å²) < 4.78 is 13.5. The van der Waals surface area contributed by atoms with Gasteiger partial charge in [-0.2, -0.15) is 0 Å². The van der Waals surface area contributed by atoms with Crippen LogP contribution in [0.3, 0.4) is 0 Å². The largest absolute Gasteiger partial charge is 0.344 e. The van der Waals surface area contributed by atoms with Crippen LogP contribution in [0.5, 0.6) is 0 Å². The number of hydrogen-bond donors (Lipinski definition) is 3. The van der Waals surface area contributed by atoms with Gasteiger partial charge in [0.2, 0.25) is 5.91 Å². The highest BCUT2D eigenvalue weighted by molar-refractivity contribution is 5.96. The van der Waals surface area contributed by atoms with Crippen LogP contribution in [0.15, 0.2) is 24.3 Å². The number of benzene rings is 1. The molecule has 1 atom stereocenters. The third-order valence-electron chi connectivity index (χ3n) is 3.93. The van der Waals surface area contributed by atoms with Gasteiger partial charge < -0.3 is 5.32 Å². The second-order valence-electron chi connectivity index (χ2n) is 5.65. The molecule has 2 rings (SSSR count). The van der Waals surface area contributed by atoms with Crippen LogP contribution < -0.4 is 16.2 Å². The van der Waals surface area contributed by atoms with Crippen LogP contribution in [0.4, 0.5) is 4.39 Å². The van der Waals surface area contributed by atoms with Gasteiger partial charge in [-0.05, 0) is 30.9 Å². The Labute approximate surface area is 133 Å². The highest BCUT2D eigenvalue weighted by Gasteiger charge is 2.31. The second-order valence-corrected chi connectivity index (χ2v) is 5.65. The molecule has 0 radical (unpaired) electrons. The number of hydrazine groups is 1. The van der Waals surface area contributed by atoms with Gasteiger partial charge in [0.1, 0.15) is 11.9 Å². The molecule has 0 heterocycles. The molecule has 0 saturated heterocycles. The Morgan fingerprint density at radius 1 is 1.13 bits per heavy atom. The molecule has 1 fully saturated rings. The third-order valence-corrected chi connectivity index (χ3v) is 3.93. The Balaban J connectivity index is 1.97. The van der Waals surface area contributed by atoms with E-state index in [0.29, 0.717) is 0 Å². The Hall–Kier alpha value is -2.44. The van der Waals surface area contributed by atoms with Crippen molar-refractivity contribution in [3.05, 3.63) is 35.6 Å². The van der Waals surface area contributed by atoms with Crippen LogP contribution in [0, 0.1) is 11.7 Å². The molecule has 0 spiro atoms. The summed E-state index contributed by atoms with van der Waals surface area (Å²) in [5, 5.41) is 2.62. The molecule has 1 aromatic rings. The predicted molar refractivity (Wildman–Crippen MR) is 81.6 cm³/mol. The van der Waals surface area contributed by atoms with Gasteiger partial charge in [0.25, 0.3) is 11.8 Å². The third kappa shape index (κ3) is 4.51. The summed E-state index contributed by atoms with van der Waals surface area (Å²) in [7, 11) is 0. The minimum atomic E-state index is -0.746. The molecule has 0 bridgehead atoms. The fourth-order valence-corrected chi connectivity index (χ4v) is 2.82. The molecular weight excluding hydrogens is 301 g/mol. The summed E-state index contributed by atoms with van der Waals surface area (Å²) in [6, 6.07) is 4.78. The molecule has 1 unspecified atom stereocenters. The lowest BCUT2D eigenvalue weighted by Crippen LogP contribution is -2.54. The van der Waals surface area contributed by atoms with Crippen molar-refractivity contribution >= 4 is 17.7 Å². The smallest absolute Gasteiger partial charge is 0.272 e. The summed E-state index contributed by atoms with van der Waals surface area (Å²) in [5.74, 6) is -2.18. The zero-order valence-corrected chi connectivity index (χ0v) is 12.9. The van der Waals surface area contributed by atoms with E-state index >= 15 is 0 Å². The van der Waals surface area contributed by atoms with Crippen molar-refractivity contribution in [3.8, 4) is 0 Å². The zero-order chi connectivity index (χ0) is 16.8. The highest BCUT2D eigenvalue weighted by atomic mass is 19.1. The lowest BCUT2D eigenvalue weighted by Gasteiger charge is -2.23. The molecule has 0 aromatic heterocycles. The standard InChI is InChI=1S/C16H20FN3O3/c1-10(21)18-14(11-6-2-3-7-11)16(23)20-19-15(22)12-8-4-5-9-13(12)17/h4-5,8-9,11,14H,2-3,6-7H2,1H3,(H,18,21)(H,19,22)(H,20,23). The van der Waals surface area contributed by atoms with Crippen molar-refractivity contribution in [2.24, 2.45) is 5.92 Å².